The third-order valence-corrected chi connectivity index (χ3v) is 0. The summed E-state index contributed by atoms with van der Waals surface area (Å²) >= 11 is 0. The zero-order valence-corrected chi connectivity index (χ0v) is 6.03. The van der Waals surface area contributed by atoms with Crippen molar-refractivity contribution in [1.82, 2.24) is 0 Å². The van der Waals surface area contributed by atoms with Gasteiger partial charge in [-0.3, -0.25) is 0 Å². The second-order valence-corrected chi connectivity index (χ2v) is 0. The van der Waals surface area contributed by atoms with Crippen LogP contribution in [0.25, 0.3) is 0 Å². The van der Waals surface area contributed by atoms with E-state index in [0.717, 1.165) is 0 Å². The van der Waals surface area contributed by atoms with Crippen LogP contribution < -0.4 is 0 Å². The number of hydrogen-bond donors (Lipinski definition) is 0. The molecule has 0 rings (SSSR count). The predicted molar refractivity (Wildman–Crippen MR) is 31.7 cm³/mol. The van der Waals surface area contributed by atoms with Crippen LogP contribution in [0.3, 0.4) is 0 Å². The van der Waals surface area contributed by atoms with Crippen molar-refractivity contribution in [2.45, 2.75) is 0 Å². The summed E-state index contributed by atoms with van der Waals surface area (Å²) in [6.45, 7) is 0. The molecule has 9 heavy (non-hydrogen) atoms. The fourth-order valence-electron chi connectivity index (χ4n) is 0. The van der Waals surface area contributed by atoms with Crippen molar-refractivity contribution in [2.24, 2.45) is 0 Å². The summed E-state index contributed by atoms with van der Waals surface area (Å²) < 4.78 is 0. The molecule has 0 aliphatic rings. The van der Waals surface area contributed by atoms with E-state index in [4.69, 9.17) is 0 Å². The van der Waals surface area contributed by atoms with Crippen LogP contribution in [0.4, 0.5) is 0 Å². The average Bonchev–Trinajstić information content (AvgIpc) is 0. The van der Waals surface area contributed by atoms with E-state index < -0.39 is 0 Å². The van der Waals surface area contributed by atoms with Gasteiger partial charge in [0.15, 0.2) is 0 Å². The smallest absolute Gasteiger partial charge is 2.00 e. The summed E-state index contributed by atoms with van der Waals surface area (Å²) in [6.07, 6.45) is 0. The molecule has 14 N–H and O–H groups in total. The van der Waals surface area contributed by atoms with E-state index in [1.807, 2.05) is 0 Å². The first kappa shape index (κ1) is 3380. The van der Waals surface area contributed by atoms with E-state index in [-0.39, 0.29) is 66.9 Å². The summed E-state index contributed by atoms with van der Waals surface area (Å²) in [5, 5.41) is 0. The standard InChI is InChI=1S/Mg.7H2O.O/h;7*1H2;/q+2;;;;;;;;-2. The van der Waals surface area contributed by atoms with E-state index in [2.05, 4.69) is 0 Å². The Morgan fingerprint density at radius 3 is 0.333 bits per heavy atom. The first-order valence-corrected chi connectivity index (χ1v) is 0. The van der Waals surface area contributed by atoms with E-state index in [1.165, 1.54) is 0 Å². The van der Waals surface area contributed by atoms with Gasteiger partial charge in [-0.1, -0.05) is 0 Å². The molecule has 8 nitrogen and oxygen atoms in total. The van der Waals surface area contributed by atoms with Gasteiger partial charge < -0.3 is 43.8 Å². The molecule has 9 heteroatoms. The molecule has 64 valence electrons. The number of hydrogen-bond acceptors (Lipinski definition) is 0. The minimum atomic E-state index is 0. The van der Waals surface area contributed by atoms with Gasteiger partial charge in [-0.05, 0) is 0 Å². The normalized spacial score (nSPS) is 0. The Kier molecular flexibility index (Phi) is 884000. The number of rotatable bonds is 0. The maximum absolute atomic E-state index is 0. The molecule has 0 saturated heterocycles. The van der Waals surface area contributed by atoms with Gasteiger partial charge in [0.05, 0.1) is 0 Å². The van der Waals surface area contributed by atoms with Crippen molar-refractivity contribution in [3.05, 3.63) is 0 Å². The molecule has 0 bridgehead atoms. The summed E-state index contributed by atoms with van der Waals surface area (Å²) in [7, 11) is 0. The van der Waals surface area contributed by atoms with Crippen molar-refractivity contribution >= 4 is 23.1 Å². The first-order valence-electron chi connectivity index (χ1n) is 0. The summed E-state index contributed by atoms with van der Waals surface area (Å²) in [6, 6.07) is 0. The molecule has 0 aliphatic carbocycles. The van der Waals surface area contributed by atoms with Gasteiger partial charge in [-0.25, -0.2) is 0 Å². The molecule has 0 saturated carbocycles. The first-order chi connectivity index (χ1) is 0. The van der Waals surface area contributed by atoms with Crippen molar-refractivity contribution in [2.75, 3.05) is 0 Å². The van der Waals surface area contributed by atoms with Gasteiger partial charge in [0, 0.05) is 0 Å². The van der Waals surface area contributed by atoms with Crippen molar-refractivity contribution in [1.29, 1.82) is 0 Å². The van der Waals surface area contributed by atoms with Gasteiger partial charge in [0.2, 0.25) is 0 Å². The summed E-state index contributed by atoms with van der Waals surface area (Å²) in [5.41, 5.74) is 0. The maximum atomic E-state index is 0. The monoisotopic (exact) mass is 166 g/mol. The van der Waals surface area contributed by atoms with Crippen molar-refractivity contribution < 1.29 is 43.8 Å². The van der Waals surface area contributed by atoms with E-state index in [1.54, 1.807) is 0 Å². The predicted octanol–water partition coefficient (Wildman–Crippen LogP) is -6.27. The Labute approximate surface area is 67.5 Å². The quantitative estimate of drug-likeness (QED) is 0.304. The van der Waals surface area contributed by atoms with Crippen LogP contribution >= 0.6 is 0 Å². The van der Waals surface area contributed by atoms with Gasteiger partial charge in [0.25, 0.3) is 0 Å². The summed E-state index contributed by atoms with van der Waals surface area (Å²) in [4.78, 5) is 0. The van der Waals surface area contributed by atoms with Crippen LogP contribution in [0.15, 0.2) is 0 Å². The molecule has 0 aromatic carbocycles. The molecule has 0 aromatic heterocycles. The van der Waals surface area contributed by atoms with Crippen LogP contribution in [0.1, 0.15) is 0 Å². The molecule has 0 fully saturated rings. The molecular weight excluding hydrogens is 152 g/mol. The fourth-order valence-corrected chi connectivity index (χ4v) is 0. The molecule has 0 unspecified atom stereocenters. The van der Waals surface area contributed by atoms with Gasteiger partial charge in [0.1, 0.15) is 0 Å². The molecule has 0 spiro atoms. The SMILES string of the molecule is O.O.O.O.O.O.O.[Mg+2].[O-2]. The summed E-state index contributed by atoms with van der Waals surface area (Å²) in [5.74, 6) is 0. The molecule has 0 aromatic rings. The zero-order chi connectivity index (χ0) is 0. The molecule has 0 radical (unpaired) electrons. The zero-order valence-electron chi connectivity index (χ0n) is 4.62. The molecule has 0 aliphatic heterocycles. The van der Waals surface area contributed by atoms with Crippen LogP contribution in [0.5, 0.6) is 0 Å². The minimum absolute atomic E-state index is 0. The minimum Gasteiger partial charge on any atom is -2.00 e. The van der Waals surface area contributed by atoms with Crippen LogP contribution in [-0.2, 0) is 5.48 Å². The van der Waals surface area contributed by atoms with Gasteiger partial charge >= 0.3 is 23.1 Å². The Morgan fingerprint density at radius 1 is 0.333 bits per heavy atom. The Hall–Kier alpha value is 0.446. The van der Waals surface area contributed by atoms with E-state index in [9.17, 15) is 0 Å². The Morgan fingerprint density at radius 2 is 0.333 bits per heavy atom. The molecule has 0 amide bonds. The fraction of sp³-hybridized carbons (Fsp3) is 0. The van der Waals surface area contributed by atoms with Crippen LogP contribution in [-0.4, -0.2) is 61.4 Å². The Balaban J connectivity index is 0. The van der Waals surface area contributed by atoms with Crippen LogP contribution in [0, 0.1) is 0 Å². The third-order valence-electron chi connectivity index (χ3n) is 0. The molecular formula is H14MgO8. The topological polar surface area (TPSA) is 249 Å². The van der Waals surface area contributed by atoms with Gasteiger partial charge in [-0.15, -0.1) is 0 Å². The van der Waals surface area contributed by atoms with E-state index in [0.29, 0.717) is 0 Å². The van der Waals surface area contributed by atoms with Gasteiger partial charge in [-0.2, -0.15) is 0 Å². The van der Waals surface area contributed by atoms with Crippen molar-refractivity contribution in [3.63, 3.8) is 0 Å². The molecule has 0 heterocycles. The second kappa shape index (κ2) is 2350. The largest absolute Gasteiger partial charge is 2.00 e. The average molecular weight is 166 g/mol. The maximum Gasteiger partial charge on any atom is 2.00 e. The second-order valence-electron chi connectivity index (χ2n) is 0. The van der Waals surface area contributed by atoms with Crippen molar-refractivity contribution in [3.8, 4) is 0 Å². The molecule has 0 atom stereocenters. The van der Waals surface area contributed by atoms with Crippen LogP contribution in [0.2, 0.25) is 0 Å². The third kappa shape index (κ3) is 1760. The van der Waals surface area contributed by atoms with E-state index >= 15 is 0 Å². The Bertz CT molecular complexity index is 4.53.